The molecule has 5 heteroatoms. The number of carbonyl (C=O) groups is 1. The third kappa shape index (κ3) is 5.34. The van der Waals surface area contributed by atoms with Crippen LogP contribution in [0, 0.1) is 0 Å². The van der Waals surface area contributed by atoms with Crippen LogP contribution in [0.3, 0.4) is 0 Å². The summed E-state index contributed by atoms with van der Waals surface area (Å²) in [4.78, 5) is 16.5. The van der Waals surface area contributed by atoms with E-state index < -0.39 is 0 Å². The summed E-state index contributed by atoms with van der Waals surface area (Å²) < 4.78 is 0. The molecule has 0 unspecified atom stereocenters. The molecule has 25 heavy (non-hydrogen) atoms. The van der Waals surface area contributed by atoms with Gasteiger partial charge in [0, 0.05) is 43.9 Å². The molecular weight excluding hydrogens is 334 g/mol. The molecule has 0 atom stereocenters. The second-order valence-corrected chi connectivity index (χ2v) is 6.52. The van der Waals surface area contributed by atoms with Crippen molar-refractivity contribution in [3.8, 4) is 0 Å². The number of hydrogen-bond donors (Lipinski definition) is 1. The summed E-state index contributed by atoms with van der Waals surface area (Å²) in [5.41, 5.74) is 2.31. The molecule has 0 bridgehead atoms. The van der Waals surface area contributed by atoms with Crippen LogP contribution < -0.4 is 5.32 Å². The van der Waals surface area contributed by atoms with E-state index in [1.54, 1.807) is 6.20 Å². The van der Waals surface area contributed by atoms with Gasteiger partial charge in [0.05, 0.1) is 0 Å². The molecule has 1 aliphatic rings. The minimum atomic E-state index is -0.0513. The fourth-order valence-electron chi connectivity index (χ4n) is 2.83. The van der Waals surface area contributed by atoms with Crippen LogP contribution in [0.2, 0.25) is 5.02 Å². The first-order valence-electron chi connectivity index (χ1n) is 8.44. The summed E-state index contributed by atoms with van der Waals surface area (Å²) in [7, 11) is 0. The Kier molecular flexibility index (Phi) is 6.09. The van der Waals surface area contributed by atoms with E-state index in [1.165, 1.54) is 5.56 Å². The normalized spacial score (nSPS) is 15.5. The van der Waals surface area contributed by atoms with E-state index in [-0.39, 0.29) is 6.03 Å². The molecule has 0 radical (unpaired) electrons. The van der Waals surface area contributed by atoms with E-state index in [0.717, 1.165) is 38.3 Å². The van der Waals surface area contributed by atoms with Gasteiger partial charge in [-0.1, -0.05) is 54.1 Å². The van der Waals surface area contributed by atoms with Crippen LogP contribution in [-0.2, 0) is 6.54 Å². The Bertz CT molecular complexity index is 707. The van der Waals surface area contributed by atoms with Crippen LogP contribution in [0.5, 0.6) is 0 Å². The monoisotopic (exact) mass is 355 g/mol. The number of nitrogens with one attached hydrogen (secondary N) is 1. The van der Waals surface area contributed by atoms with Crippen molar-refractivity contribution in [2.45, 2.75) is 6.54 Å². The van der Waals surface area contributed by atoms with Crippen LogP contribution in [0.4, 0.5) is 4.79 Å². The van der Waals surface area contributed by atoms with Gasteiger partial charge in [0.2, 0.25) is 0 Å². The number of halogens is 1. The molecule has 130 valence electrons. The maximum absolute atomic E-state index is 12.2. The van der Waals surface area contributed by atoms with E-state index in [9.17, 15) is 4.79 Å². The molecule has 0 aromatic heterocycles. The Balaban J connectivity index is 1.43. The van der Waals surface area contributed by atoms with Crippen molar-refractivity contribution >= 4 is 23.7 Å². The maximum Gasteiger partial charge on any atom is 0.321 e. The minimum Gasteiger partial charge on any atom is -0.322 e. The Morgan fingerprint density at radius 1 is 1.00 bits per heavy atom. The maximum atomic E-state index is 12.2. The summed E-state index contributed by atoms with van der Waals surface area (Å²) in [6.45, 7) is 4.21. The molecule has 0 spiro atoms. The third-order valence-corrected chi connectivity index (χ3v) is 4.51. The van der Waals surface area contributed by atoms with Crippen LogP contribution in [0.1, 0.15) is 11.1 Å². The Labute approximate surface area is 153 Å². The Morgan fingerprint density at radius 2 is 1.68 bits per heavy atom. The largest absolute Gasteiger partial charge is 0.322 e. The van der Waals surface area contributed by atoms with Gasteiger partial charge in [-0.2, -0.15) is 0 Å². The van der Waals surface area contributed by atoms with Gasteiger partial charge in [0.25, 0.3) is 0 Å². The number of hydrogen-bond acceptors (Lipinski definition) is 2. The topological polar surface area (TPSA) is 35.6 Å². The Morgan fingerprint density at radius 3 is 2.36 bits per heavy atom. The molecule has 2 aromatic rings. The van der Waals surface area contributed by atoms with Crippen LogP contribution >= 0.6 is 11.6 Å². The summed E-state index contributed by atoms with van der Waals surface area (Å²) in [6, 6.07) is 17.9. The first-order valence-corrected chi connectivity index (χ1v) is 8.82. The average Bonchev–Trinajstić information content (AvgIpc) is 2.65. The molecule has 2 aromatic carbocycles. The number of nitrogens with zero attached hydrogens (tertiary/aromatic N) is 2. The molecule has 0 saturated carbocycles. The van der Waals surface area contributed by atoms with Gasteiger partial charge >= 0.3 is 6.03 Å². The molecule has 1 heterocycles. The highest BCUT2D eigenvalue weighted by Gasteiger charge is 2.20. The summed E-state index contributed by atoms with van der Waals surface area (Å²) in [5.74, 6) is 0. The lowest BCUT2D eigenvalue weighted by molar-refractivity contribution is 0.137. The number of benzene rings is 2. The molecule has 2 amide bonds. The quantitative estimate of drug-likeness (QED) is 0.904. The summed E-state index contributed by atoms with van der Waals surface area (Å²) in [5, 5.41) is 3.54. The van der Waals surface area contributed by atoms with Crippen molar-refractivity contribution in [2.24, 2.45) is 0 Å². The van der Waals surface area contributed by atoms with E-state index in [1.807, 2.05) is 41.3 Å². The zero-order valence-electron chi connectivity index (χ0n) is 14.1. The molecule has 1 N–H and O–H groups in total. The lowest BCUT2D eigenvalue weighted by Crippen LogP contribution is -2.50. The lowest BCUT2D eigenvalue weighted by atomic mass is 10.2. The van der Waals surface area contributed by atoms with E-state index in [4.69, 9.17) is 11.6 Å². The smallest absolute Gasteiger partial charge is 0.321 e. The van der Waals surface area contributed by atoms with Gasteiger partial charge in [-0.15, -0.1) is 0 Å². The SMILES string of the molecule is O=C(N/C=C/c1ccc(Cl)cc1)N1CCN(Cc2ccccc2)CC1. The molecule has 0 aliphatic carbocycles. The van der Waals surface area contributed by atoms with Crippen molar-refractivity contribution in [2.75, 3.05) is 26.2 Å². The molecule has 1 saturated heterocycles. The Hall–Kier alpha value is -2.30. The zero-order chi connectivity index (χ0) is 17.5. The van der Waals surface area contributed by atoms with Crippen molar-refractivity contribution in [1.82, 2.24) is 15.1 Å². The number of piperazine rings is 1. The van der Waals surface area contributed by atoms with E-state index >= 15 is 0 Å². The van der Waals surface area contributed by atoms with Gasteiger partial charge in [-0.25, -0.2) is 4.79 Å². The second-order valence-electron chi connectivity index (χ2n) is 6.08. The summed E-state index contributed by atoms with van der Waals surface area (Å²) in [6.07, 6.45) is 3.54. The van der Waals surface area contributed by atoms with Crippen LogP contribution in [0.25, 0.3) is 6.08 Å². The van der Waals surface area contributed by atoms with Gasteiger partial charge in [0.15, 0.2) is 0 Å². The third-order valence-electron chi connectivity index (χ3n) is 4.26. The minimum absolute atomic E-state index is 0.0513. The highest BCUT2D eigenvalue weighted by atomic mass is 35.5. The van der Waals surface area contributed by atoms with Crippen LogP contribution in [0.15, 0.2) is 60.8 Å². The van der Waals surface area contributed by atoms with E-state index in [0.29, 0.717) is 5.02 Å². The fourth-order valence-corrected chi connectivity index (χ4v) is 2.95. The number of carbonyl (C=O) groups excluding carboxylic acids is 1. The first kappa shape index (κ1) is 17.5. The second kappa shape index (κ2) is 8.70. The first-order chi connectivity index (χ1) is 12.2. The standard InChI is InChI=1S/C20H22ClN3O/c21-19-8-6-17(7-9-19)10-11-22-20(25)24-14-12-23(13-15-24)16-18-4-2-1-3-5-18/h1-11H,12-16H2,(H,22,25)/b11-10+. The zero-order valence-corrected chi connectivity index (χ0v) is 14.8. The van der Waals surface area contributed by atoms with Crippen LogP contribution in [-0.4, -0.2) is 42.0 Å². The van der Waals surface area contributed by atoms with Gasteiger partial charge < -0.3 is 10.2 Å². The van der Waals surface area contributed by atoms with Gasteiger partial charge in [-0.05, 0) is 29.3 Å². The summed E-state index contributed by atoms with van der Waals surface area (Å²) >= 11 is 5.86. The number of urea groups is 1. The number of rotatable bonds is 4. The van der Waals surface area contributed by atoms with Crippen molar-refractivity contribution < 1.29 is 4.79 Å². The highest BCUT2D eigenvalue weighted by Crippen LogP contribution is 2.11. The molecule has 1 aliphatic heterocycles. The lowest BCUT2D eigenvalue weighted by Gasteiger charge is -2.34. The highest BCUT2D eigenvalue weighted by molar-refractivity contribution is 6.30. The van der Waals surface area contributed by atoms with Gasteiger partial charge in [0.1, 0.15) is 0 Å². The van der Waals surface area contributed by atoms with Crippen molar-refractivity contribution in [3.63, 3.8) is 0 Å². The molecule has 3 rings (SSSR count). The molecule has 4 nitrogen and oxygen atoms in total. The van der Waals surface area contributed by atoms with Crippen molar-refractivity contribution in [3.05, 3.63) is 76.9 Å². The molecular formula is C20H22ClN3O. The predicted octanol–water partition coefficient (Wildman–Crippen LogP) is 3.84. The molecule has 1 fully saturated rings. The predicted molar refractivity (Wildman–Crippen MR) is 102 cm³/mol. The van der Waals surface area contributed by atoms with E-state index in [2.05, 4.69) is 34.5 Å². The average molecular weight is 356 g/mol. The fraction of sp³-hybridized carbons (Fsp3) is 0.250. The van der Waals surface area contributed by atoms with Crippen molar-refractivity contribution in [1.29, 1.82) is 0 Å². The number of amides is 2. The van der Waals surface area contributed by atoms with Gasteiger partial charge in [-0.3, -0.25) is 4.90 Å².